The van der Waals surface area contributed by atoms with Crippen molar-refractivity contribution in [1.29, 1.82) is 5.26 Å². The molecular formula is C8H14N2S. The van der Waals surface area contributed by atoms with E-state index in [-0.39, 0.29) is 4.75 Å². The molecule has 62 valence electrons. The van der Waals surface area contributed by atoms with Gasteiger partial charge in [0, 0.05) is 6.54 Å². The van der Waals surface area contributed by atoms with Gasteiger partial charge in [-0.3, -0.25) is 0 Å². The van der Waals surface area contributed by atoms with Gasteiger partial charge in [-0.15, -0.1) is 11.8 Å². The van der Waals surface area contributed by atoms with E-state index >= 15 is 0 Å². The van der Waals surface area contributed by atoms with Crippen LogP contribution in [0.1, 0.15) is 13.3 Å². The zero-order valence-electron chi connectivity index (χ0n) is 7.00. The summed E-state index contributed by atoms with van der Waals surface area (Å²) in [5.41, 5.74) is 5.26. The van der Waals surface area contributed by atoms with E-state index in [0.717, 1.165) is 6.42 Å². The second kappa shape index (κ2) is 5.22. The second-order valence-electron chi connectivity index (χ2n) is 2.46. The van der Waals surface area contributed by atoms with Crippen molar-refractivity contribution in [2.24, 2.45) is 5.73 Å². The molecule has 11 heavy (non-hydrogen) atoms. The van der Waals surface area contributed by atoms with Crippen LogP contribution in [0.4, 0.5) is 0 Å². The van der Waals surface area contributed by atoms with Crippen LogP contribution in [0.5, 0.6) is 0 Å². The highest BCUT2D eigenvalue weighted by Gasteiger charge is 2.19. The molecule has 0 fully saturated rings. The lowest BCUT2D eigenvalue weighted by molar-refractivity contribution is 0.821. The number of hydrogen-bond acceptors (Lipinski definition) is 3. The Morgan fingerprint density at radius 1 is 1.64 bits per heavy atom. The Balaban J connectivity index is 3.90. The largest absolute Gasteiger partial charge is 0.327 e. The summed E-state index contributed by atoms with van der Waals surface area (Å²) in [5.74, 6) is 0. The Labute approximate surface area is 72.5 Å². The Bertz CT molecular complexity index is 171. The molecule has 0 bridgehead atoms. The molecule has 0 saturated heterocycles. The molecular weight excluding hydrogens is 156 g/mol. The molecule has 3 heteroatoms. The van der Waals surface area contributed by atoms with Gasteiger partial charge in [-0.05, 0) is 19.6 Å². The lowest BCUT2D eigenvalue weighted by Gasteiger charge is -2.15. The number of hydrogen-bond donors (Lipinski definition) is 1. The second-order valence-corrected chi connectivity index (χ2v) is 3.77. The molecule has 0 heterocycles. The molecule has 1 atom stereocenters. The van der Waals surface area contributed by atoms with Gasteiger partial charge < -0.3 is 5.73 Å². The van der Waals surface area contributed by atoms with E-state index in [4.69, 9.17) is 11.0 Å². The molecule has 0 rings (SSSR count). The first-order valence-corrected chi connectivity index (χ1v) is 4.72. The van der Waals surface area contributed by atoms with E-state index in [1.165, 1.54) is 0 Å². The monoisotopic (exact) mass is 170 g/mol. The summed E-state index contributed by atoms with van der Waals surface area (Å²) in [4.78, 5) is 0. The first-order chi connectivity index (χ1) is 5.18. The molecule has 0 aromatic heterocycles. The van der Waals surface area contributed by atoms with E-state index in [1.54, 1.807) is 11.8 Å². The smallest absolute Gasteiger partial charge is 0.103 e. The van der Waals surface area contributed by atoms with Crippen LogP contribution in [-0.4, -0.2) is 17.5 Å². The molecule has 1 unspecified atom stereocenters. The van der Waals surface area contributed by atoms with Gasteiger partial charge >= 0.3 is 0 Å². The molecule has 2 N–H and O–H groups in total. The topological polar surface area (TPSA) is 49.8 Å². The zero-order valence-corrected chi connectivity index (χ0v) is 7.82. The molecule has 0 aliphatic heterocycles. The lowest BCUT2D eigenvalue weighted by atomic mass is 10.1. The van der Waals surface area contributed by atoms with Gasteiger partial charge in [0.05, 0.1) is 6.07 Å². The maximum atomic E-state index is 8.75. The third-order valence-electron chi connectivity index (χ3n) is 1.50. The fourth-order valence-electron chi connectivity index (χ4n) is 0.579. The van der Waals surface area contributed by atoms with Gasteiger partial charge in [0.25, 0.3) is 0 Å². The van der Waals surface area contributed by atoms with Crippen LogP contribution in [0.25, 0.3) is 0 Å². The highest BCUT2D eigenvalue weighted by Crippen LogP contribution is 2.25. The maximum absolute atomic E-state index is 8.75. The van der Waals surface area contributed by atoms with Crippen LogP contribution in [0, 0.1) is 11.3 Å². The zero-order chi connectivity index (χ0) is 8.74. The number of nitriles is 1. The SMILES string of the molecule is CSC(C)(C#N)C/C=C\CN. The van der Waals surface area contributed by atoms with Crippen LogP contribution in [0.2, 0.25) is 0 Å². The lowest BCUT2D eigenvalue weighted by Crippen LogP contribution is -2.14. The number of nitrogens with two attached hydrogens (primary N) is 1. The van der Waals surface area contributed by atoms with E-state index in [2.05, 4.69) is 6.07 Å². The van der Waals surface area contributed by atoms with Gasteiger partial charge in [-0.2, -0.15) is 5.26 Å². The number of nitrogens with zero attached hydrogens (tertiary/aromatic N) is 1. The summed E-state index contributed by atoms with van der Waals surface area (Å²) >= 11 is 1.57. The molecule has 0 aliphatic rings. The van der Waals surface area contributed by atoms with E-state index in [1.807, 2.05) is 25.3 Å². The van der Waals surface area contributed by atoms with Crippen molar-refractivity contribution in [1.82, 2.24) is 0 Å². The fraction of sp³-hybridized carbons (Fsp3) is 0.625. The maximum Gasteiger partial charge on any atom is 0.103 e. The normalized spacial score (nSPS) is 16.2. The van der Waals surface area contributed by atoms with Crippen molar-refractivity contribution in [3.63, 3.8) is 0 Å². The van der Waals surface area contributed by atoms with Gasteiger partial charge in [0.1, 0.15) is 4.75 Å². The van der Waals surface area contributed by atoms with E-state index in [9.17, 15) is 0 Å². The third-order valence-corrected chi connectivity index (χ3v) is 2.66. The number of rotatable bonds is 4. The minimum absolute atomic E-state index is 0.286. The summed E-state index contributed by atoms with van der Waals surface area (Å²) in [7, 11) is 0. The summed E-state index contributed by atoms with van der Waals surface area (Å²) in [6.07, 6.45) is 6.55. The molecule has 0 aromatic carbocycles. The average Bonchev–Trinajstić information content (AvgIpc) is 2.05. The summed E-state index contributed by atoms with van der Waals surface area (Å²) < 4.78 is -0.286. The van der Waals surface area contributed by atoms with Crippen LogP contribution in [0.3, 0.4) is 0 Å². The standard InChI is InChI=1S/C8H14N2S/c1-8(7-10,11-2)5-3-4-6-9/h3-4H,5-6,9H2,1-2H3/b4-3-. The van der Waals surface area contributed by atoms with Gasteiger partial charge in [0.2, 0.25) is 0 Å². The van der Waals surface area contributed by atoms with Crippen LogP contribution >= 0.6 is 11.8 Å². The van der Waals surface area contributed by atoms with Gasteiger partial charge in [-0.25, -0.2) is 0 Å². The van der Waals surface area contributed by atoms with Crippen molar-refractivity contribution < 1.29 is 0 Å². The fourth-order valence-corrected chi connectivity index (χ4v) is 0.933. The van der Waals surface area contributed by atoms with Crippen molar-refractivity contribution in [2.45, 2.75) is 18.1 Å². The Morgan fingerprint density at radius 2 is 2.27 bits per heavy atom. The number of thioether (sulfide) groups is 1. The predicted molar refractivity (Wildman–Crippen MR) is 50.3 cm³/mol. The minimum Gasteiger partial charge on any atom is -0.327 e. The van der Waals surface area contributed by atoms with Gasteiger partial charge in [0.15, 0.2) is 0 Å². The van der Waals surface area contributed by atoms with Crippen molar-refractivity contribution >= 4 is 11.8 Å². The van der Waals surface area contributed by atoms with Crippen LogP contribution < -0.4 is 5.73 Å². The van der Waals surface area contributed by atoms with E-state index in [0.29, 0.717) is 6.54 Å². The quantitative estimate of drug-likeness (QED) is 0.651. The molecule has 0 radical (unpaired) electrons. The molecule has 0 aromatic rings. The Hall–Kier alpha value is -0.460. The average molecular weight is 170 g/mol. The molecule has 0 saturated carbocycles. The minimum atomic E-state index is -0.286. The molecule has 2 nitrogen and oxygen atoms in total. The van der Waals surface area contributed by atoms with Crippen molar-refractivity contribution in [3.05, 3.63) is 12.2 Å². The van der Waals surface area contributed by atoms with Crippen molar-refractivity contribution in [2.75, 3.05) is 12.8 Å². The number of allylic oxidation sites excluding steroid dienone is 1. The van der Waals surface area contributed by atoms with Crippen molar-refractivity contribution in [3.8, 4) is 6.07 Å². The first kappa shape index (κ1) is 10.5. The molecule has 0 spiro atoms. The Morgan fingerprint density at radius 3 is 2.64 bits per heavy atom. The first-order valence-electron chi connectivity index (χ1n) is 3.50. The molecule has 0 amide bonds. The highest BCUT2D eigenvalue weighted by molar-refractivity contribution is 8.00. The molecule has 0 aliphatic carbocycles. The summed E-state index contributed by atoms with van der Waals surface area (Å²) in [5, 5.41) is 8.75. The highest BCUT2D eigenvalue weighted by atomic mass is 32.2. The summed E-state index contributed by atoms with van der Waals surface area (Å²) in [6, 6.07) is 2.26. The third kappa shape index (κ3) is 4.07. The summed E-state index contributed by atoms with van der Waals surface area (Å²) in [6.45, 7) is 2.48. The Kier molecular flexibility index (Phi) is 5.01. The van der Waals surface area contributed by atoms with Crippen LogP contribution in [0.15, 0.2) is 12.2 Å². The van der Waals surface area contributed by atoms with Crippen LogP contribution in [-0.2, 0) is 0 Å². The van der Waals surface area contributed by atoms with Gasteiger partial charge in [-0.1, -0.05) is 12.2 Å². The van der Waals surface area contributed by atoms with E-state index < -0.39 is 0 Å². The predicted octanol–water partition coefficient (Wildman–Crippen LogP) is 1.54.